The van der Waals surface area contributed by atoms with Crippen molar-refractivity contribution in [1.82, 2.24) is 5.32 Å². The number of ether oxygens (including phenoxy) is 2. The molecule has 5 nitrogen and oxygen atoms in total. The van der Waals surface area contributed by atoms with Gasteiger partial charge in [-0.2, -0.15) is 0 Å². The molecular formula is C21H28N2O3. The first-order valence-electron chi connectivity index (χ1n) is 8.95. The summed E-state index contributed by atoms with van der Waals surface area (Å²) in [4.78, 5) is 12.1. The van der Waals surface area contributed by atoms with E-state index in [-0.39, 0.29) is 24.7 Å². The number of carbonyl (C=O) groups is 1. The van der Waals surface area contributed by atoms with Crippen LogP contribution >= 0.6 is 0 Å². The summed E-state index contributed by atoms with van der Waals surface area (Å²) in [6.07, 6.45) is 0.257. The Hall–Kier alpha value is -2.53. The van der Waals surface area contributed by atoms with Crippen molar-refractivity contribution in [2.75, 3.05) is 11.9 Å². The van der Waals surface area contributed by atoms with Gasteiger partial charge in [0, 0.05) is 18.3 Å². The normalized spacial score (nSPS) is 10.8. The van der Waals surface area contributed by atoms with Gasteiger partial charge in [-0.1, -0.05) is 18.2 Å². The Balaban J connectivity index is 1.76. The zero-order chi connectivity index (χ0) is 18.9. The summed E-state index contributed by atoms with van der Waals surface area (Å²) in [6, 6.07) is 15.3. The fraction of sp³-hybridized carbons (Fsp3) is 0.381. The lowest BCUT2D eigenvalue weighted by Crippen LogP contribution is -2.27. The minimum Gasteiger partial charge on any atom is -0.491 e. The average Bonchev–Trinajstić information content (AvgIpc) is 2.55. The Morgan fingerprint density at radius 3 is 2.23 bits per heavy atom. The maximum Gasteiger partial charge on any atom is 0.238 e. The molecule has 0 bridgehead atoms. The lowest BCUT2D eigenvalue weighted by molar-refractivity contribution is -0.115. The second-order valence-corrected chi connectivity index (χ2v) is 6.66. The van der Waals surface area contributed by atoms with Crippen molar-refractivity contribution in [3.05, 3.63) is 54.1 Å². The summed E-state index contributed by atoms with van der Waals surface area (Å²) in [5.41, 5.74) is 1.83. The van der Waals surface area contributed by atoms with Crippen molar-refractivity contribution in [3.8, 4) is 11.5 Å². The van der Waals surface area contributed by atoms with E-state index in [0.717, 1.165) is 22.7 Å². The first-order chi connectivity index (χ1) is 12.4. The van der Waals surface area contributed by atoms with Crippen LogP contribution in [0, 0.1) is 0 Å². The highest BCUT2D eigenvalue weighted by Crippen LogP contribution is 2.18. The molecule has 2 aromatic carbocycles. The lowest BCUT2D eigenvalue weighted by Gasteiger charge is -2.12. The summed E-state index contributed by atoms with van der Waals surface area (Å²) < 4.78 is 11.2. The molecule has 0 unspecified atom stereocenters. The minimum absolute atomic E-state index is 0.0912. The maximum atomic E-state index is 12.1. The Morgan fingerprint density at radius 2 is 1.58 bits per heavy atom. The smallest absolute Gasteiger partial charge is 0.238 e. The van der Waals surface area contributed by atoms with Gasteiger partial charge in [-0.15, -0.1) is 0 Å². The van der Waals surface area contributed by atoms with Gasteiger partial charge in [-0.3, -0.25) is 4.79 Å². The van der Waals surface area contributed by atoms with Crippen molar-refractivity contribution in [1.29, 1.82) is 0 Å². The van der Waals surface area contributed by atoms with Crippen LogP contribution < -0.4 is 20.1 Å². The van der Waals surface area contributed by atoms with E-state index >= 15 is 0 Å². The lowest BCUT2D eigenvalue weighted by atomic mass is 10.2. The van der Waals surface area contributed by atoms with Crippen molar-refractivity contribution in [2.24, 2.45) is 0 Å². The second-order valence-electron chi connectivity index (χ2n) is 6.66. The first-order valence-corrected chi connectivity index (χ1v) is 8.95. The van der Waals surface area contributed by atoms with Crippen molar-refractivity contribution in [3.63, 3.8) is 0 Å². The molecule has 0 aliphatic heterocycles. The molecule has 5 heteroatoms. The van der Waals surface area contributed by atoms with E-state index in [1.54, 1.807) is 0 Å². The molecule has 0 spiro atoms. The summed E-state index contributed by atoms with van der Waals surface area (Å²) >= 11 is 0. The third-order valence-corrected chi connectivity index (χ3v) is 3.40. The number of hydrogen-bond acceptors (Lipinski definition) is 4. The highest BCUT2D eigenvalue weighted by atomic mass is 16.5. The quantitative estimate of drug-likeness (QED) is 0.713. The molecule has 2 aromatic rings. The molecule has 1 amide bonds. The molecule has 0 atom stereocenters. The number of benzene rings is 2. The number of nitrogens with one attached hydrogen (secondary N) is 2. The summed E-state index contributed by atoms with van der Waals surface area (Å²) in [6.45, 7) is 8.79. The molecule has 0 saturated heterocycles. The number of amides is 1. The van der Waals surface area contributed by atoms with Crippen molar-refractivity contribution < 1.29 is 14.3 Å². The van der Waals surface area contributed by atoms with E-state index in [1.165, 1.54) is 0 Å². The molecule has 0 saturated carbocycles. The fourth-order valence-electron chi connectivity index (χ4n) is 2.40. The van der Waals surface area contributed by atoms with Crippen LogP contribution in [0.1, 0.15) is 33.3 Å². The zero-order valence-electron chi connectivity index (χ0n) is 15.9. The van der Waals surface area contributed by atoms with Crippen LogP contribution in [0.25, 0.3) is 0 Å². The van der Waals surface area contributed by atoms with E-state index in [9.17, 15) is 4.79 Å². The van der Waals surface area contributed by atoms with Gasteiger partial charge in [-0.25, -0.2) is 0 Å². The Bertz CT molecular complexity index is 697. The van der Waals surface area contributed by atoms with Gasteiger partial charge in [0.1, 0.15) is 11.5 Å². The average molecular weight is 356 g/mol. The zero-order valence-corrected chi connectivity index (χ0v) is 15.9. The predicted octanol–water partition coefficient (Wildman–Crippen LogP) is 3.99. The van der Waals surface area contributed by atoms with Crippen LogP contribution in [0.3, 0.4) is 0 Å². The van der Waals surface area contributed by atoms with Gasteiger partial charge in [0.2, 0.25) is 5.91 Å². The van der Waals surface area contributed by atoms with Crippen LogP contribution in [-0.2, 0) is 11.3 Å². The molecule has 0 aromatic heterocycles. The number of carbonyl (C=O) groups excluding carboxylic acids is 1. The summed E-state index contributed by atoms with van der Waals surface area (Å²) in [5.74, 6) is 1.51. The number of rotatable bonds is 9. The maximum absolute atomic E-state index is 12.1. The summed E-state index contributed by atoms with van der Waals surface area (Å²) in [5, 5.41) is 6.02. The predicted molar refractivity (Wildman–Crippen MR) is 105 cm³/mol. The third-order valence-electron chi connectivity index (χ3n) is 3.40. The standard InChI is InChI=1S/C21H28N2O3/c1-15(2)25-19-10-8-17(9-11-19)13-22-14-21(24)23-18-6-5-7-20(12-18)26-16(3)4/h5-12,15-16,22H,13-14H2,1-4H3,(H,23,24). The van der Waals surface area contributed by atoms with Crippen LogP contribution in [0.5, 0.6) is 11.5 Å². The van der Waals surface area contributed by atoms with E-state index in [0.29, 0.717) is 6.54 Å². The van der Waals surface area contributed by atoms with Gasteiger partial charge in [0.25, 0.3) is 0 Å². The molecule has 0 fully saturated rings. The van der Waals surface area contributed by atoms with Crippen LogP contribution in [0.2, 0.25) is 0 Å². The molecule has 140 valence electrons. The Kier molecular flexibility index (Phi) is 7.48. The highest BCUT2D eigenvalue weighted by molar-refractivity contribution is 5.92. The molecule has 0 radical (unpaired) electrons. The van der Waals surface area contributed by atoms with E-state index in [1.807, 2.05) is 76.2 Å². The minimum atomic E-state index is -0.0912. The Morgan fingerprint density at radius 1 is 0.923 bits per heavy atom. The van der Waals surface area contributed by atoms with Gasteiger partial charge in [0.05, 0.1) is 18.8 Å². The van der Waals surface area contributed by atoms with Crippen LogP contribution in [0.15, 0.2) is 48.5 Å². The molecule has 2 N–H and O–H groups in total. The van der Waals surface area contributed by atoms with Gasteiger partial charge < -0.3 is 20.1 Å². The van der Waals surface area contributed by atoms with E-state index in [4.69, 9.17) is 9.47 Å². The van der Waals surface area contributed by atoms with E-state index < -0.39 is 0 Å². The first kappa shape index (κ1) is 19.8. The third kappa shape index (κ3) is 7.15. The topological polar surface area (TPSA) is 59.6 Å². The SMILES string of the molecule is CC(C)Oc1ccc(CNCC(=O)Nc2cccc(OC(C)C)c2)cc1. The molecule has 26 heavy (non-hydrogen) atoms. The van der Waals surface area contributed by atoms with E-state index in [2.05, 4.69) is 10.6 Å². The van der Waals surface area contributed by atoms with Crippen molar-refractivity contribution >= 4 is 11.6 Å². The molecule has 2 rings (SSSR count). The molecule has 0 heterocycles. The van der Waals surface area contributed by atoms with Crippen molar-refractivity contribution in [2.45, 2.75) is 46.4 Å². The largest absolute Gasteiger partial charge is 0.491 e. The Labute approximate surface area is 155 Å². The molecule has 0 aliphatic rings. The fourth-order valence-corrected chi connectivity index (χ4v) is 2.40. The van der Waals surface area contributed by atoms with Gasteiger partial charge in [-0.05, 0) is 57.5 Å². The number of hydrogen-bond donors (Lipinski definition) is 2. The van der Waals surface area contributed by atoms with Gasteiger partial charge in [0.15, 0.2) is 0 Å². The summed E-state index contributed by atoms with van der Waals surface area (Å²) in [7, 11) is 0. The number of anilines is 1. The second kappa shape index (κ2) is 9.82. The van der Waals surface area contributed by atoms with Gasteiger partial charge >= 0.3 is 0 Å². The van der Waals surface area contributed by atoms with Crippen LogP contribution in [0.4, 0.5) is 5.69 Å². The molecular weight excluding hydrogens is 328 g/mol. The van der Waals surface area contributed by atoms with Crippen LogP contribution in [-0.4, -0.2) is 24.7 Å². The highest BCUT2D eigenvalue weighted by Gasteiger charge is 2.05. The monoisotopic (exact) mass is 356 g/mol. The molecule has 0 aliphatic carbocycles.